The molecule has 2 fully saturated rings. The van der Waals surface area contributed by atoms with Gasteiger partial charge in [0.15, 0.2) is 0 Å². The van der Waals surface area contributed by atoms with E-state index >= 15 is 0 Å². The molecule has 1 heteroatoms. The fourth-order valence-corrected chi connectivity index (χ4v) is 2.00. The molecule has 15 heavy (non-hydrogen) atoms. The van der Waals surface area contributed by atoms with Crippen LogP contribution in [0.25, 0.3) is 0 Å². The first kappa shape index (κ1) is 15.0. The fourth-order valence-electron chi connectivity index (χ4n) is 2.00. The van der Waals surface area contributed by atoms with Crippen molar-refractivity contribution in [2.75, 3.05) is 7.05 Å². The van der Waals surface area contributed by atoms with Gasteiger partial charge in [0.1, 0.15) is 0 Å². The Labute approximate surface area is 97.0 Å². The minimum absolute atomic E-state index is 0.837. The van der Waals surface area contributed by atoms with Gasteiger partial charge < -0.3 is 5.32 Å². The molecule has 1 N–H and O–H groups in total. The van der Waals surface area contributed by atoms with E-state index in [2.05, 4.69) is 19.3 Å². The van der Waals surface area contributed by atoms with Crippen molar-refractivity contribution in [3.05, 3.63) is 0 Å². The predicted octanol–water partition coefficient (Wildman–Crippen LogP) is 4.37. The van der Waals surface area contributed by atoms with Crippen LogP contribution in [0.5, 0.6) is 0 Å². The Hall–Kier alpha value is -0.0400. The third-order valence-electron chi connectivity index (χ3n) is 3.41. The summed E-state index contributed by atoms with van der Waals surface area (Å²) in [6.45, 7) is 6.31. The summed E-state index contributed by atoms with van der Waals surface area (Å²) >= 11 is 0. The Morgan fingerprint density at radius 3 is 1.47 bits per heavy atom. The highest BCUT2D eigenvalue weighted by Crippen LogP contribution is 2.24. The molecule has 2 aliphatic carbocycles. The smallest absolute Gasteiger partial charge is 0.00640 e. The van der Waals surface area contributed by atoms with E-state index in [1.54, 1.807) is 0 Å². The maximum absolute atomic E-state index is 3.30. The minimum atomic E-state index is 0.837. The van der Waals surface area contributed by atoms with Gasteiger partial charge >= 0.3 is 0 Å². The van der Waals surface area contributed by atoms with Gasteiger partial charge in [0.05, 0.1) is 0 Å². The van der Waals surface area contributed by atoms with Crippen LogP contribution < -0.4 is 5.32 Å². The van der Waals surface area contributed by atoms with Crippen molar-refractivity contribution >= 4 is 0 Å². The molecule has 0 radical (unpaired) electrons. The predicted molar refractivity (Wildman–Crippen MR) is 70.3 cm³/mol. The quantitative estimate of drug-likeness (QED) is 0.682. The second kappa shape index (κ2) is 10.5. The van der Waals surface area contributed by atoms with Crippen molar-refractivity contribution in [1.82, 2.24) is 5.32 Å². The summed E-state index contributed by atoms with van der Waals surface area (Å²) in [5.41, 5.74) is 0. The molecule has 2 saturated carbocycles. The zero-order valence-electron chi connectivity index (χ0n) is 11.3. The highest BCUT2D eigenvalue weighted by Gasteiger charge is 2.09. The van der Waals surface area contributed by atoms with Gasteiger partial charge in [0.2, 0.25) is 0 Å². The number of rotatable bonds is 1. The zero-order chi connectivity index (χ0) is 11.5. The Bertz CT molecular complexity index is 113. The number of nitrogens with one attached hydrogen (secondary N) is 1. The summed E-state index contributed by atoms with van der Waals surface area (Å²) in [4.78, 5) is 0. The van der Waals surface area contributed by atoms with E-state index in [0.717, 1.165) is 12.0 Å². The van der Waals surface area contributed by atoms with Gasteiger partial charge in [-0.25, -0.2) is 0 Å². The number of hydrogen-bond acceptors (Lipinski definition) is 1. The second-order valence-electron chi connectivity index (χ2n) is 4.66. The van der Waals surface area contributed by atoms with Crippen molar-refractivity contribution in [1.29, 1.82) is 0 Å². The van der Waals surface area contributed by atoms with Crippen LogP contribution in [-0.4, -0.2) is 13.1 Å². The second-order valence-corrected chi connectivity index (χ2v) is 4.66. The third kappa shape index (κ3) is 7.84. The van der Waals surface area contributed by atoms with E-state index in [4.69, 9.17) is 0 Å². The minimum Gasteiger partial charge on any atom is -0.317 e. The molecule has 0 amide bonds. The van der Waals surface area contributed by atoms with E-state index in [9.17, 15) is 0 Å². The Morgan fingerprint density at radius 1 is 0.800 bits per heavy atom. The van der Waals surface area contributed by atoms with E-state index in [1.165, 1.54) is 51.4 Å². The van der Waals surface area contributed by atoms with Crippen LogP contribution in [0.4, 0.5) is 0 Å². The van der Waals surface area contributed by atoms with Crippen molar-refractivity contribution < 1.29 is 0 Å². The summed E-state index contributed by atoms with van der Waals surface area (Å²) in [7, 11) is 2.07. The van der Waals surface area contributed by atoms with E-state index in [-0.39, 0.29) is 0 Å². The Morgan fingerprint density at radius 2 is 1.27 bits per heavy atom. The van der Waals surface area contributed by atoms with Gasteiger partial charge in [0.25, 0.3) is 0 Å². The van der Waals surface area contributed by atoms with Crippen LogP contribution in [0.2, 0.25) is 0 Å². The first-order chi connectivity index (χ1) is 7.33. The molecule has 0 aliphatic heterocycles. The van der Waals surface area contributed by atoms with Crippen molar-refractivity contribution in [3.8, 4) is 0 Å². The van der Waals surface area contributed by atoms with Gasteiger partial charge in [-0.1, -0.05) is 59.3 Å². The van der Waals surface area contributed by atoms with Crippen LogP contribution in [0.3, 0.4) is 0 Å². The van der Waals surface area contributed by atoms with Gasteiger partial charge in [0, 0.05) is 6.04 Å². The van der Waals surface area contributed by atoms with Crippen molar-refractivity contribution in [3.63, 3.8) is 0 Å². The monoisotopic (exact) mass is 213 g/mol. The molecule has 0 unspecified atom stereocenters. The SMILES string of the molecule is CC.CC1CCC1.CNC1CCCCC1. The summed E-state index contributed by atoms with van der Waals surface area (Å²) < 4.78 is 0. The first-order valence-electron chi connectivity index (χ1n) is 7.00. The van der Waals surface area contributed by atoms with Gasteiger partial charge in [-0.05, 0) is 25.8 Å². The molecule has 1 nitrogen and oxygen atoms in total. The summed E-state index contributed by atoms with van der Waals surface area (Å²) in [6, 6.07) is 0.837. The normalized spacial score (nSPS) is 21.6. The van der Waals surface area contributed by atoms with Crippen LogP contribution >= 0.6 is 0 Å². The lowest BCUT2D eigenvalue weighted by Gasteiger charge is -2.20. The maximum atomic E-state index is 3.30. The highest BCUT2D eigenvalue weighted by molar-refractivity contribution is 4.68. The molecular formula is C14H31N. The lowest BCUT2D eigenvalue weighted by Crippen LogP contribution is -2.26. The summed E-state index contributed by atoms with van der Waals surface area (Å²) in [5.74, 6) is 1.06. The van der Waals surface area contributed by atoms with Crippen LogP contribution in [0.15, 0.2) is 0 Å². The lowest BCUT2D eigenvalue weighted by molar-refractivity contribution is 0.346. The molecule has 0 aromatic heterocycles. The van der Waals surface area contributed by atoms with Crippen molar-refractivity contribution in [2.24, 2.45) is 5.92 Å². The van der Waals surface area contributed by atoms with E-state index in [1.807, 2.05) is 13.8 Å². The molecule has 0 saturated heterocycles. The third-order valence-corrected chi connectivity index (χ3v) is 3.41. The molecule has 0 bridgehead atoms. The average molecular weight is 213 g/mol. The fraction of sp³-hybridized carbons (Fsp3) is 1.00. The topological polar surface area (TPSA) is 12.0 Å². The number of hydrogen-bond donors (Lipinski definition) is 1. The van der Waals surface area contributed by atoms with Crippen LogP contribution in [-0.2, 0) is 0 Å². The first-order valence-corrected chi connectivity index (χ1v) is 7.00. The van der Waals surface area contributed by atoms with Gasteiger partial charge in [-0.15, -0.1) is 0 Å². The molecule has 0 aromatic rings. The molecule has 0 aromatic carbocycles. The Kier molecular flexibility index (Phi) is 10.4. The average Bonchev–Trinajstić information content (AvgIpc) is 2.31. The standard InChI is InChI=1S/C7H15N.C5H10.C2H6/c1-8-7-5-3-2-4-6-7;1-5-3-2-4-5;1-2/h7-8H,2-6H2,1H3;5H,2-4H2,1H3;1-2H3. The molecule has 2 rings (SSSR count). The van der Waals surface area contributed by atoms with Gasteiger partial charge in [-0.2, -0.15) is 0 Å². The Balaban J connectivity index is 0.000000241. The van der Waals surface area contributed by atoms with Crippen LogP contribution in [0, 0.1) is 5.92 Å². The van der Waals surface area contributed by atoms with Crippen LogP contribution in [0.1, 0.15) is 72.1 Å². The van der Waals surface area contributed by atoms with E-state index in [0.29, 0.717) is 0 Å². The molecule has 92 valence electrons. The van der Waals surface area contributed by atoms with E-state index < -0.39 is 0 Å². The lowest BCUT2D eigenvalue weighted by atomic mass is 9.88. The summed E-state index contributed by atoms with van der Waals surface area (Å²) in [5, 5.41) is 3.30. The molecule has 0 atom stereocenters. The molecule has 2 aliphatic rings. The molecular weight excluding hydrogens is 182 g/mol. The maximum Gasteiger partial charge on any atom is 0.00640 e. The zero-order valence-corrected chi connectivity index (χ0v) is 11.3. The van der Waals surface area contributed by atoms with Crippen molar-refractivity contribution in [2.45, 2.75) is 78.2 Å². The van der Waals surface area contributed by atoms with Gasteiger partial charge in [-0.3, -0.25) is 0 Å². The largest absolute Gasteiger partial charge is 0.317 e. The molecule has 0 spiro atoms. The molecule has 0 heterocycles. The highest BCUT2D eigenvalue weighted by atomic mass is 14.9. The summed E-state index contributed by atoms with van der Waals surface area (Å²) in [6.07, 6.45) is 11.6.